The number of likely N-dealkylation sites (tertiary alicyclic amines) is 1. The fourth-order valence-electron chi connectivity index (χ4n) is 2.52. The summed E-state index contributed by atoms with van der Waals surface area (Å²) < 4.78 is 0. The summed E-state index contributed by atoms with van der Waals surface area (Å²) in [4.78, 5) is 19.6. The maximum Gasteiger partial charge on any atom is 0.265 e. The van der Waals surface area contributed by atoms with E-state index in [1.807, 2.05) is 35.2 Å². The van der Waals surface area contributed by atoms with Gasteiger partial charge in [0.15, 0.2) is 0 Å². The Bertz CT molecular complexity index is 571. The summed E-state index contributed by atoms with van der Waals surface area (Å²) in [5, 5.41) is 0.920. The van der Waals surface area contributed by atoms with Gasteiger partial charge >= 0.3 is 0 Å². The van der Waals surface area contributed by atoms with Crippen molar-refractivity contribution in [2.45, 2.75) is 25.7 Å². The fourth-order valence-corrected chi connectivity index (χ4v) is 3.41. The lowest BCUT2D eigenvalue weighted by Crippen LogP contribution is -2.31. The molecule has 0 radical (unpaired) electrons. The standard InChI is InChI=1S/C16H18N2OS/c19-16(18-10-6-1-2-7-11-18)14-12-17-15(20-14)13-8-4-3-5-9-13/h3-5,8-9,12H,1-2,6-7,10-11H2. The second-order valence-electron chi connectivity index (χ2n) is 5.10. The van der Waals surface area contributed by atoms with E-state index < -0.39 is 0 Å². The average molecular weight is 286 g/mol. The summed E-state index contributed by atoms with van der Waals surface area (Å²) in [6.45, 7) is 1.77. The second kappa shape index (κ2) is 6.18. The Hall–Kier alpha value is -1.68. The molecule has 0 spiro atoms. The van der Waals surface area contributed by atoms with Crippen molar-refractivity contribution in [2.75, 3.05) is 13.1 Å². The Kier molecular flexibility index (Phi) is 4.11. The van der Waals surface area contributed by atoms with E-state index in [1.54, 1.807) is 6.20 Å². The first-order valence-corrected chi connectivity index (χ1v) is 7.97. The minimum atomic E-state index is 0.145. The highest BCUT2D eigenvalue weighted by atomic mass is 32.1. The van der Waals surface area contributed by atoms with Crippen LogP contribution in [0.15, 0.2) is 36.5 Å². The average Bonchev–Trinajstić information content (AvgIpc) is 2.83. The summed E-state index contributed by atoms with van der Waals surface area (Å²) in [6.07, 6.45) is 6.44. The first kappa shape index (κ1) is 13.3. The molecule has 2 heterocycles. The quantitative estimate of drug-likeness (QED) is 0.840. The van der Waals surface area contributed by atoms with Gasteiger partial charge in [0, 0.05) is 18.7 Å². The van der Waals surface area contributed by atoms with Crippen LogP contribution in [0, 0.1) is 0 Å². The third-order valence-corrected chi connectivity index (χ3v) is 4.66. The number of hydrogen-bond donors (Lipinski definition) is 0. The Morgan fingerprint density at radius 1 is 1.05 bits per heavy atom. The zero-order chi connectivity index (χ0) is 13.8. The molecule has 0 aliphatic carbocycles. The van der Waals surface area contributed by atoms with Crippen LogP contribution in [0.1, 0.15) is 35.4 Å². The molecule has 0 atom stereocenters. The van der Waals surface area contributed by atoms with Crippen molar-refractivity contribution >= 4 is 17.2 Å². The van der Waals surface area contributed by atoms with Gasteiger partial charge in [0.25, 0.3) is 5.91 Å². The number of carbonyl (C=O) groups excluding carboxylic acids is 1. The molecule has 1 aliphatic rings. The third kappa shape index (κ3) is 2.90. The van der Waals surface area contributed by atoms with E-state index in [0.717, 1.165) is 41.4 Å². The smallest absolute Gasteiger partial charge is 0.265 e. The van der Waals surface area contributed by atoms with Crippen molar-refractivity contribution in [3.8, 4) is 10.6 Å². The summed E-state index contributed by atoms with van der Waals surface area (Å²) >= 11 is 1.49. The van der Waals surface area contributed by atoms with Crippen molar-refractivity contribution in [2.24, 2.45) is 0 Å². The second-order valence-corrected chi connectivity index (χ2v) is 6.13. The maximum atomic E-state index is 12.5. The van der Waals surface area contributed by atoms with Gasteiger partial charge in [-0.05, 0) is 12.8 Å². The van der Waals surface area contributed by atoms with Crippen LogP contribution in [-0.4, -0.2) is 28.9 Å². The van der Waals surface area contributed by atoms with Crippen LogP contribution in [0.25, 0.3) is 10.6 Å². The van der Waals surface area contributed by atoms with E-state index >= 15 is 0 Å². The summed E-state index contributed by atoms with van der Waals surface area (Å²) in [5.41, 5.74) is 1.08. The lowest BCUT2D eigenvalue weighted by Gasteiger charge is -2.18. The molecule has 0 saturated carbocycles. The first-order valence-electron chi connectivity index (χ1n) is 7.15. The minimum Gasteiger partial charge on any atom is -0.338 e. The van der Waals surface area contributed by atoms with Crippen molar-refractivity contribution in [3.05, 3.63) is 41.4 Å². The monoisotopic (exact) mass is 286 g/mol. The Morgan fingerprint density at radius 2 is 1.75 bits per heavy atom. The van der Waals surface area contributed by atoms with Gasteiger partial charge in [0.1, 0.15) is 9.88 Å². The van der Waals surface area contributed by atoms with Gasteiger partial charge in [-0.1, -0.05) is 43.2 Å². The fraction of sp³-hybridized carbons (Fsp3) is 0.375. The van der Waals surface area contributed by atoms with Gasteiger partial charge in [-0.25, -0.2) is 4.98 Å². The molecule has 1 amide bonds. The highest BCUT2D eigenvalue weighted by molar-refractivity contribution is 7.16. The van der Waals surface area contributed by atoms with E-state index in [4.69, 9.17) is 0 Å². The molecule has 1 aromatic carbocycles. The van der Waals surface area contributed by atoms with Crippen molar-refractivity contribution < 1.29 is 4.79 Å². The third-order valence-electron chi connectivity index (χ3n) is 3.63. The first-order chi connectivity index (χ1) is 9.84. The maximum absolute atomic E-state index is 12.5. The van der Waals surface area contributed by atoms with E-state index in [0.29, 0.717) is 0 Å². The molecular formula is C16H18N2OS. The van der Waals surface area contributed by atoms with E-state index in [9.17, 15) is 4.79 Å². The number of nitrogens with zero attached hydrogens (tertiary/aromatic N) is 2. The predicted molar refractivity (Wildman–Crippen MR) is 81.9 cm³/mol. The zero-order valence-electron chi connectivity index (χ0n) is 11.4. The number of thiazole rings is 1. The molecule has 1 fully saturated rings. The Morgan fingerprint density at radius 3 is 2.45 bits per heavy atom. The molecule has 0 unspecified atom stereocenters. The largest absolute Gasteiger partial charge is 0.338 e. The molecule has 20 heavy (non-hydrogen) atoms. The molecule has 0 N–H and O–H groups in total. The molecule has 3 nitrogen and oxygen atoms in total. The number of aromatic nitrogens is 1. The molecule has 2 aromatic rings. The summed E-state index contributed by atoms with van der Waals surface area (Å²) in [5.74, 6) is 0.145. The van der Waals surface area contributed by atoms with Crippen LogP contribution >= 0.6 is 11.3 Å². The molecule has 0 bridgehead atoms. The number of amides is 1. The summed E-state index contributed by atoms with van der Waals surface area (Å²) in [6, 6.07) is 10.0. The predicted octanol–water partition coefficient (Wildman–Crippen LogP) is 3.83. The van der Waals surface area contributed by atoms with Crippen LogP contribution in [0.3, 0.4) is 0 Å². The van der Waals surface area contributed by atoms with Gasteiger partial charge in [0.05, 0.1) is 6.20 Å². The highest BCUT2D eigenvalue weighted by Crippen LogP contribution is 2.26. The normalized spacial score (nSPS) is 15.9. The van der Waals surface area contributed by atoms with Crippen LogP contribution in [0.5, 0.6) is 0 Å². The lowest BCUT2D eigenvalue weighted by atomic mass is 10.2. The van der Waals surface area contributed by atoms with Gasteiger partial charge in [-0.2, -0.15) is 0 Å². The minimum absolute atomic E-state index is 0.145. The van der Waals surface area contributed by atoms with Crippen LogP contribution in [-0.2, 0) is 0 Å². The van der Waals surface area contributed by atoms with Gasteiger partial charge in [0.2, 0.25) is 0 Å². The van der Waals surface area contributed by atoms with E-state index in [-0.39, 0.29) is 5.91 Å². The molecule has 3 rings (SSSR count). The molecule has 104 valence electrons. The lowest BCUT2D eigenvalue weighted by molar-refractivity contribution is 0.0766. The van der Waals surface area contributed by atoms with Crippen LogP contribution in [0.2, 0.25) is 0 Å². The van der Waals surface area contributed by atoms with Crippen molar-refractivity contribution in [3.63, 3.8) is 0 Å². The van der Waals surface area contributed by atoms with E-state index in [1.165, 1.54) is 24.2 Å². The molecule has 4 heteroatoms. The molecule has 1 aliphatic heterocycles. The number of benzene rings is 1. The van der Waals surface area contributed by atoms with Crippen LogP contribution in [0.4, 0.5) is 0 Å². The number of hydrogen-bond acceptors (Lipinski definition) is 3. The topological polar surface area (TPSA) is 33.2 Å². The van der Waals surface area contributed by atoms with Crippen molar-refractivity contribution in [1.82, 2.24) is 9.88 Å². The van der Waals surface area contributed by atoms with Gasteiger partial charge < -0.3 is 4.90 Å². The Labute approximate surface area is 123 Å². The van der Waals surface area contributed by atoms with Gasteiger partial charge in [-0.15, -0.1) is 11.3 Å². The molecular weight excluding hydrogens is 268 g/mol. The van der Waals surface area contributed by atoms with E-state index in [2.05, 4.69) is 4.98 Å². The molecule has 1 aromatic heterocycles. The SMILES string of the molecule is O=C(c1cnc(-c2ccccc2)s1)N1CCCCCC1. The highest BCUT2D eigenvalue weighted by Gasteiger charge is 2.19. The van der Waals surface area contributed by atoms with Crippen LogP contribution < -0.4 is 0 Å². The Balaban J connectivity index is 1.77. The number of carbonyl (C=O) groups is 1. The molecule has 1 saturated heterocycles. The van der Waals surface area contributed by atoms with Crippen molar-refractivity contribution in [1.29, 1.82) is 0 Å². The van der Waals surface area contributed by atoms with Gasteiger partial charge in [-0.3, -0.25) is 4.79 Å². The number of rotatable bonds is 2. The zero-order valence-corrected chi connectivity index (χ0v) is 12.2. The summed E-state index contributed by atoms with van der Waals surface area (Å²) in [7, 11) is 0.